The minimum atomic E-state index is -1.19. The van der Waals surface area contributed by atoms with Gasteiger partial charge in [0.2, 0.25) is 5.91 Å². The second-order valence-corrected chi connectivity index (χ2v) is 6.96. The Morgan fingerprint density at radius 1 is 1.03 bits per heavy atom. The van der Waals surface area contributed by atoms with Crippen LogP contribution in [0.3, 0.4) is 0 Å². The van der Waals surface area contributed by atoms with Gasteiger partial charge in [0.1, 0.15) is 6.04 Å². The van der Waals surface area contributed by atoms with Crippen LogP contribution >= 0.6 is 0 Å². The van der Waals surface area contributed by atoms with Gasteiger partial charge >= 0.3 is 5.97 Å². The maximum atomic E-state index is 12.6. The van der Waals surface area contributed by atoms with E-state index in [0.29, 0.717) is 19.5 Å². The molecular formula is C20H30N4O5. The van der Waals surface area contributed by atoms with Gasteiger partial charge in [0.05, 0.1) is 0 Å². The zero-order valence-corrected chi connectivity index (χ0v) is 16.4. The fourth-order valence-electron chi connectivity index (χ4n) is 2.87. The maximum Gasteiger partial charge on any atom is 0.336 e. The van der Waals surface area contributed by atoms with Gasteiger partial charge in [-0.05, 0) is 44.5 Å². The van der Waals surface area contributed by atoms with Crippen molar-refractivity contribution in [1.82, 2.24) is 16.0 Å². The van der Waals surface area contributed by atoms with Crippen LogP contribution in [0.4, 0.5) is 0 Å². The summed E-state index contributed by atoms with van der Waals surface area (Å²) in [6.45, 7) is 2.90. The topological polar surface area (TPSA) is 146 Å². The highest BCUT2D eigenvalue weighted by Crippen LogP contribution is 2.22. The summed E-state index contributed by atoms with van der Waals surface area (Å²) in [5.74, 6) is -2.07. The average molecular weight is 406 g/mol. The summed E-state index contributed by atoms with van der Waals surface area (Å²) in [4.78, 5) is 35.7. The lowest BCUT2D eigenvalue weighted by molar-refractivity contribution is -0.138. The first kappa shape index (κ1) is 22.8. The molecule has 1 aromatic rings. The van der Waals surface area contributed by atoms with E-state index in [1.165, 1.54) is 0 Å². The molecule has 0 bridgehead atoms. The molecule has 2 amide bonds. The molecule has 1 aliphatic heterocycles. The molecular weight excluding hydrogens is 376 g/mol. The fraction of sp³-hybridized carbons (Fsp3) is 0.550. The molecule has 1 aromatic carbocycles. The molecule has 9 nitrogen and oxygen atoms in total. The van der Waals surface area contributed by atoms with Crippen molar-refractivity contribution in [2.75, 3.05) is 26.2 Å². The van der Waals surface area contributed by atoms with E-state index in [9.17, 15) is 14.4 Å². The average Bonchev–Trinajstić information content (AvgIpc) is 3.51. The normalized spacial score (nSPS) is 18.7. The number of nitrogens with two attached hydrogens (primary N) is 1. The second kappa shape index (κ2) is 12.2. The summed E-state index contributed by atoms with van der Waals surface area (Å²) in [5.41, 5.74) is 6.32. The first-order valence-corrected chi connectivity index (χ1v) is 9.94. The van der Waals surface area contributed by atoms with Crippen molar-refractivity contribution in [3.63, 3.8) is 0 Å². The van der Waals surface area contributed by atoms with Crippen molar-refractivity contribution in [3.8, 4) is 0 Å². The Morgan fingerprint density at radius 2 is 1.72 bits per heavy atom. The first-order valence-electron chi connectivity index (χ1n) is 9.94. The number of nitrogens with one attached hydrogen (secondary N) is 3. The molecule has 29 heavy (non-hydrogen) atoms. The maximum absolute atomic E-state index is 12.6. The van der Waals surface area contributed by atoms with Gasteiger partial charge in [0.15, 0.2) is 12.2 Å². The molecule has 3 unspecified atom stereocenters. The Balaban J connectivity index is 1.80. The lowest BCUT2D eigenvalue weighted by atomic mass is 10.0. The SMILES string of the molecule is NCCCNCCCCNC(=O)C(Cc1ccccc1)NC(=O)C1OC1C(=O)O. The summed E-state index contributed by atoms with van der Waals surface area (Å²) < 4.78 is 4.87. The van der Waals surface area contributed by atoms with Crippen LogP contribution in [0, 0.1) is 0 Å². The minimum absolute atomic E-state index is 0.300. The third-order valence-corrected chi connectivity index (χ3v) is 4.55. The predicted octanol–water partition coefficient (Wildman–Crippen LogP) is -0.599. The van der Waals surface area contributed by atoms with E-state index in [1.807, 2.05) is 30.3 Å². The molecule has 160 valence electrons. The summed E-state index contributed by atoms with van der Waals surface area (Å²) in [6.07, 6.45) is 0.784. The highest BCUT2D eigenvalue weighted by atomic mass is 16.6. The van der Waals surface area contributed by atoms with Crippen LogP contribution in [-0.2, 0) is 25.5 Å². The molecule has 1 fully saturated rings. The molecule has 6 N–H and O–H groups in total. The number of hydrogen-bond acceptors (Lipinski definition) is 6. The van der Waals surface area contributed by atoms with E-state index in [2.05, 4.69) is 16.0 Å². The number of unbranched alkanes of at least 4 members (excludes halogenated alkanes) is 1. The van der Waals surface area contributed by atoms with E-state index >= 15 is 0 Å². The largest absolute Gasteiger partial charge is 0.479 e. The Morgan fingerprint density at radius 3 is 2.38 bits per heavy atom. The van der Waals surface area contributed by atoms with E-state index in [1.54, 1.807) is 0 Å². The molecule has 1 heterocycles. The van der Waals surface area contributed by atoms with Gasteiger partial charge < -0.3 is 31.5 Å². The van der Waals surface area contributed by atoms with Crippen LogP contribution < -0.4 is 21.7 Å². The highest BCUT2D eigenvalue weighted by molar-refractivity contribution is 5.95. The fourth-order valence-corrected chi connectivity index (χ4v) is 2.87. The summed E-state index contributed by atoms with van der Waals surface area (Å²) >= 11 is 0. The third-order valence-electron chi connectivity index (χ3n) is 4.55. The first-order chi connectivity index (χ1) is 14.0. The van der Waals surface area contributed by atoms with Gasteiger partial charge in [-0.2, -0.15) is 0 Å². The Hall–Kier alpha value is -2.49. The van der Waals surface area contributed by atoms with E-state index in [4.69, 9.17) is 15.6 Å². The Bertz CT molecular complexity index is 670. The molecule has 0 spiro atoms. The number of amides is 2. The Labute approximate surface area is 170 Å². The molecule has 0 aromatic heterocycles. The van der Waals surface area contributed by atoms with Crippen LogP contribution in [0.1, 0.15) is 24.8 Å². The lowest BCUT2D eigenvalue weighted by Gasteiger charge is -2.18. The molecule has 9 heteroatoms. The number of rotatable bonds is 14. The number of carboxylic acid groups (broad SMARTS) is 1. The van der Waals surface area contributed by atoms with Crippen molar-refractivity contribution in [2.24, 2.45) is 5.73 Å². The molecule has 1 aliphatic rings. The van der Waals surface area contributed by atoms with Gasteiger partial charge in [-0.3, -0.25) is 9.59 Å². The predicted molar refractivity (Wildman–Crippen MR) is 107 cm³/mol. The van der Waals surface area contributed by atoms with Crippen molar-refractivity contribution in [2.45, 2.75) is 43.9 Å². The smallest absolute Gasteiger partial charge is 0.336 e. The van der Waals surface area contributed by atoms with Gasteiger partial charge in [0.25, 0.3) is 5.91 Å². The molecule has 1 saturated heterocycles. The lowest BCUT2D eigenvalue weighted by Crippen LogP contribution is -2.49. The Kier molecular flexibility index (Phi) is 9.55. The van der Waals surface area contributed by atoms with Gasteiger partial charge in [0, 0.05) is 13.0 Å². The van der Waals surface area contributed by atoms with Gasteiger partial charge in [-0.15, -0.1) is 0 Å². The van der Waals surface area contributed by atoms with Crippen LogP contribution in [0.2, 0.25) is 0 Å². The van der Waals surface area contributed by atoms with Crippen LogP contribution in [0.5, 0.6) is 0 Å². The number of aliphatic carboxylic acids is 1. The summed E-state index contributed by atoms with van der Waals surface area (Å²) in [5, 5.41) is 17.6. The number of carbonyl (C=O) groups excluding carboxylic acids is 2. The monoisotopic (exact) mass is 406 g/mol. The third kappa shape index (κ3) is 8.18. The molecule has 0 radical (unpaired) electrons. The zero-order valence-electron chi connectivity index (χ0n) is 16.4. The molecule has 2 rings (SSSR count). The molecule has 0 saturated carbocycles. The van der Waals surface area contributed by atoms with Gasteiger partial charge in [-0.1, -0.05) is 30.3 Å². The van der Waals surface area contributed by atoms with E-state index in [-0.39, 0.29) is 5.91 Å². The van der Waals surface area contributed by atoms with Crippen molar-refractivity contribution in [1.29, 1.82) is 0 Å². The number of carbonyl (C=O) groups is 3. The number of ether oxygens (including phenoxy) is 1. The van der Waals surface area contributed by atoms with Crippen molar-refractivity contribution < 1.29 is 24.2 Å². The highest BCUT2D eigenvalue weighted by Gasteiger charge is 2.51. The second-order valence-electron chi connectivity index (χ2n) is 6.96. The van der Waals surface area contributed by atoms with Gasteiger partial charge in [-0.25, -0.2) is 4.79 Å². The molecule has 0 aliphatic carbocycles. The summed E-state index contributed by atoms with van der Waals surface area (Å²) in [7, 11) is 0. The van der Waals surface area contributed by atoms with E-state index in [0.717, 1.165) is 37.9 Å². The standard InChI is InChI=1S/C20H30N4O5/c21-9-6-11-22-10-4-5-12-23-18(25)15(13-14-7-2-1-3-8-14)24-19(26)16-17(29-16)20(27)28/h1-3,7-8,15-17,22H,4-6,9-13,21H2,(H,23,25)(H,24,26)(H,27,28). The number of carboxylic acids is 1. The van der Waals surface area contributed by atoms with Crippen LogP contribution in [0.15, 0.2) is 30.3 Å². The zero-order chi connectivity index (χ0) is 21.1. The summed E-state index contributed by atoms with van der Waals surface area (Å²) in [6, 6.07) is 8.52. The van der Waals surface area contributed by atoms with Crippen LogP contribution in [0.25, 0.3) is 0 Å². The van der Waals surface area contributed by atoms with Crippen molar-refractivity contribution >= 4 is 17.8 Å². The van der Waals surface area contributed by atoms with Crippen LogP contribution in [-0.4, -0.2) is 67.3 Å². The van der Waals surface area contributed by atoms with E-state index < -0.39 is 30.1 Å². The number of epoxide rings is 1. The number of benzene rings is 1. The minimum Gasteiger partial charge on any atom is -0.479 e. The molecule has 3 atom stereocenters. The van der Waals surface area contributed by atoms with Crippen molar-refractivity contribution in [3.05, 3.63) is 35.9 Å². The quantitative estimate of drug-likeness (QED) is 0.205. The number of hydrogen-bond donors (Lipinski definition) is 5.